The molecule has 0 aliphatic heterocycles. The average Bonchev–Trinajstić information content (AvgIpc) is 2.75. The number of hydrogen-bond acceptors (Lipinski definition) is 3. The van der Waals surface area contributed by atoms with E-state index in [9.17, 15) is 0 Å². The van der Waals surface area contributed by atoms with Crippen LogP contribution in [0.2, 0.25) is 0 Å². The van der Waals surface area contributed by atoms with Gasteiger partial charge < -0.3 is 9.47 Å². The Morgan fingerprint density at radius 1 is 1.31 bits per heavy atom. The normalized spacial score (nSPS) is 23.8. The lowest BCUT2D eigenvalue weighted by molar-refractivity contribution is -0.0650. The topological polar surface area (TPSA) is 18.5 Å². The van der Waals surface area contributed by atoms with Crippen LogP contribution in [0, 0.1) is 0 Å². The monoisotopic (exact) mass is 236 g/mol. The molecule has 0 bridgehead atoms. The number of thioether (sulfide) groups is 1. The molecule has 0 saturated heterocycles. The lowest BCUT2D eigenvalue weighted by atomic mass is 10.3. The molecule has 1 aliphatic rings. The minimum absolute atomic E-state index is 0.241. The van der Waals surface area contributed by atoms with Gasteiger partial charge in [0.1, 0.15) is 6.79 Å². The predicted molar refractivity (Wildman–Crippen MR) is 66.6 cm³/mol. The van der Waals surface area contributed by atoms with Crippen LogP contribution in [-0.2, 0) is 9.47 Å². The van der Waals surface area contributed by atoms with Crippen LogP contribution in [0.25, 0.3) is 0 Å². The van der Waals surface area contributed by atoms with E-state index >= 15 is 0 Å². The molecule has 0 unspecified atom stereocenters. The van der Waals surface area contributed by atoms with Crippen molar-refractivity contribution in [2.24, 2.45) is 0 Å². The number of hydrogen-bond donors (Lipinski definition) is 0. The van der Waals surface area contributed by atoms with Crippen LogP contribution >= 0.6 is 11.8 Å². The maximum atomic E-state index is 5.63. The summed E-state index contributed by atoms with van der Waals surface area (Å²) < 4.78 is 10.6. The first-order valence-corrected chi connectivity index (χ1v) is 6.27. The first-order valence-electron chi connectivity index (χ1n) is 5.39. The van der Waals surface area contributed by atoms with Crippen molar-refractivity contribution in [3.8, 4) is 0 Å². The smallest absolute Gasteiger partial charge is 0.146 e. The number of rotatable bonds is 5. The molecule has 2 nitrogen and oxygen atoms in total. The molecule has 0 radical (unpaired) electrons. The zero-order valence-electron chi connectivity index (χ0n) is 9.34. The van der Waals surface area contributed by atoms with Gasteiger partial charge in [-0.2, -0.15) is 0 Å². The van der Waals surface area contributed by atoms with E-state index in [0.29, 0.717) is 12.0 Å². The summed E-state index contributed by atoms with van der Waals surface area (Å²) in [4.78, 5) is 1.28. The third kappa shape index (κ3) is 3.11. The summed E-state index contributed by atoms with van der Waals surface area (Å²) >= 11 is 1.84. The lowest BCUT2D eigenvalue weighted by Gasteiger charge is -2.19. The summed E-state index contributed by atoms with van der Waals surface area (Å²) in [5, 5.41) is 0.401. The van der Waals surface area contributed by atoms with Gasteiger partial charge in [-0.3, -0.25) is 0 Å². The highest BCUT2D eigenvalue weighted by Crippen LogP contribution is 2.32. The fraction of sp³-hybridized carbons (Fsp3) is 0.385. The maximum absolute atomic E-state index is 5.63. The Morgan fingerprint density at radius 3 is 2.88 bits per heavy atom. The van der Waals surface area contributed by atoms with Crippen LogP contribution in [0.3, 0.4) is 0 Å². The molecule has 2 atom stereocenters. The molecule has 86 valence electrons. The van der Waals surface area contributed by atoms with E-state index in [2.05, 4.69) is 36.4 Å². The van der Waals surface area contributed by atoms with Crippen LogP contribution in [0.4, 0.5) is 0 Å². The molecule has 0 heterocycles. The van der Waals surface area contributed by atoms with Crippen molar-refractivity contribution in [2.45, 2.75) is 22.7 Å². The molecule has 0 N–H and O–H groups in total. The molecule has 2 rings (SSSR count). The highest BCUT2D eigenvalue weighted by Gasteiger charge is 2.24. The highest BCUT2D eigenvalue weighted by molar-refractivity contribution is 8.00. The summed E-state index contributed by atoms with van der Waals surface area (Å²) in [6, 6.07) is 10.4. The molecule has 0 fully saturated rings. The van der Waals surface area contributed by atoms with Gasteiger partial charge in [0.15, 0.2) is 0 Å². The largest absolute Gasteiger partial charge is 0.359 e. The van der Waals surface area contributed by atoms with Gasteiger partial charge in [-0.05, 0) is 18.6 Å². The van der Waals surface area contributed by atoms with Crippen molar-refractivity contribution in [3.05, 3.63) is 42.5 Å². The summed E-state index contributed by atoms with van der Waals surface area (Å²) in [5.74, 6) is 0. The zero-order chi connectivity index (χ0) is 11.2. The van der Waals surface area contributed by atoms with Crippen LogP contribution < -0.4 is 0 Å². The van der Waals surface area contributed by atoms with E-state index in [4.69, 9.17) is 9.47 Å². The molecule has 0 spiro atoms. The van der Waals surface area contributed by atoms with Crippen LogP contribution in [0.1, 0.15) is 6.42 Å². The summed E-state index contributed by atoms with van der Waals surface area (Å²) in [6.45, 7) is 0.373. The molecule has 1 aliphatic carbocycles. The van der Waals surface area contributed by atoms with Crippen molar-refractivity contribution >= 4 is 11.8 Å². The van der Waals surface area contributed by atoms with Crippen molar-refractivity contribution < 1.29 is 9.47 Å². The van der Waals surface area contributed by atoms with Gasteiger partial charge in [0.25, 0.3) is 0 Å². The Labute approximate surface area is 101 Å². The van der Waals surface area contributed by atoms with E-state index in [-0.39, 0.29) is 6.10 Å². The minimum Gasteiger partial charge on any atom is -0.359 e. The molecule has 0 amide bonds. The van der Waals surface area contributed by atoms with Crippen molar-refractivity contribution in [3.63, 3.8) is 0 Å². The van der Waals surface area contributed by atoms with Crippen LogP contribution in [0.5, 0.6) is 0 Å². The SMILES string of the molecule is COCO[C@@H]1CC=C[C@H]1Sc1ccccc1. The van der Waals surface area contributed by atoms with Gasteiger partial charge in [0, 0.05) is 12.0 Å². The van der Waals surface area contributed by atoms with E-state index in [1.807, 2.05) is 17.8 Å². The summed E-state index contributed by atoms with van der Waals surface area (Å²) in [6.07, 6.45) is 5.62. The second kappa shape index (κ2) is 6.09. The Bertz CT molecular complexity index is 337. The fourth-order valence-electron chi connectivity index (χ4n) is 1.69. The Hall–Kier alpha value is -0.770. The standard InChI is InChI=1S/C13H16O2S/c1-14-10-15-12-8-5-9-13(12)16-11-6-3-2-4-7-11/h2-7,9,12-13H,8,10H2,1H3/t12-,13-/m1/s1. The third-order valence-corrected chi connectivity index (χ3v) is 3.75. The van der Waals surface area contributed by atoms with Crippen molar-refractivity contribution in [1.29, 1.82) is 0 Å². The van der Waals surface area contributed by atoms with Crippen LogP contribution in [-0.4, -0.2) is 25.3 Å². The molecular formula is C13H16O2S. The van der Waals surface area contributed by atoms with Gasteiger partial charge in [0.05, 0.1) is 11.4 Å². The van der Waals surface area contributed by atoms with Gasteiger partial charge >= 0.3 is 0 Å². The Morgan fingerprint density at radius 2 is 2.12 bits per heavy atom. The van der Waals surface area contributed by atoms with E-state index in [1.165, 1.54) is 4.90 Å². The van der Waals surface area contributed by atoms with E-state index in [0.717, 1.165) is 6.42 Å². The lowest BCUT2D eigenvalue weighted by Crippen LogP contribution is -2.21. The molecule has 16 heavy (non-hydrogen) atoms. The second-order valence-electron chi connectivity index (χ2n) is 3.67. The maximum Gasteiger partial charge on any atom is 0.146 e. The summed E-state index contributed by atoms with van der Waals surface area (Å²) in [5.41, 5.74) is 0. The molecule has 0 saturated carbocycles. The van der Waals surface area contributed by atoms with Gasteiger partial charge in [0.2, 0.25) is 0 Å². The molecular weight excluding hydrogens is 220 g/mol. The second-order valence-corrected chi connectivity index (χ2v) is 4.92. The van der Waals surface area contributed by atoms with Gasteiger partial charge in [-0.1, -0.05) is 30.4 Å². The first kappa shape index (κ1) is 11.7. The summed E-state index contributed by atoms with van der Waals surface area (Å²) in [7, 11) is 1.65. The number of benzene rings is 1. The highest BCUT2D eigenvalue weighted by atomic mass is 32.2. The quantitative estimate of drug-likeness (QED) is 0.578. The van der Waals surface area contributed by atoms with Crippen molar-refractivity contribution in [2.75, 3.05) is 13.9 Å². The average molecular weight is 236 g/mol. The molecule has 1 aromatic carbocycles. The number of ether oxygens (including phenoxy) is 2. The minimum atomic E-state index is 0.241. The first-order chi connectivity index (χ1) is 7.90. The Balaban J connectivity index is 1.91. The van der Waals surface area contributed by atoms with Gasteiger partial charge in [-0.15, -0.1) is 11.8 Å². The molecule has 1 aromatic rings. The van der Waals surface area contributed by atoms with Crippen molar-refractivity contribution in [1.82, 2.24) is 0 Å². The third-order valence-electron chi connectivity index (χ3n) is 2.48. The molecule has 0 aromatic heterocycles. The van der Waals surface area contributed by atoms with E-state index < -0.39 is 0 Å². The fourth-order valence-corrected chi connectivity index (χ4v) is 2.85. The van der Waals surface area contributed by atoms with E-state index in [1.54, 1.807) is 7.11 Å². The zero-order valence-corrected chi connectivity index (χ0v) is 10.2. The predicted octanol–water partition coefficient (Wildman–Crippen LogP) is 3.10. The molecule has 3 heteroatoms. The van der Waals surface area contributed by atoms with Gasteiger partial charge in [-0.25, -0.2) is 0 Å². The Kier molecular flexibility index (Phi) is 4.45. The van der Waals surface area contributed by atoms with Crippen LogP contribution in [0.15, 0.2) is 47.4 Å². The number of methoxy groups -OCH3 is 1.